The lowest BCUT2D eigenvalue weighted by atomic mass is 10.0. The zero-order valence-electron chi connectivity index (χ0n) is 15.6. The summed E-state index contributed by atoms with van der Waals surface area (Å²) >= 11 is 6.41. The number of piperidine rings is 1. The number of hydrogen-bond donors (Lipinski definition) is 0. The lowest BCUT2D eigenvalue weighted by Crippen LogP contribution is -2.46. The first kappa shape index (κ1) is 18.4. The molecule has 0 spiro atoms. The largest absolute Gasteiger partial charge is 0.302 e. The molecule has 1 saturated heterocycles. The van der Waals surface area contributed by atoms with Crippen molar-refractivity contribution in [1.82, 2.24) is 19.6 Å². The smallest absolute Gasteiger partial charge is 0.131 e. The third-order valence-electron chi connectivity index (χ3n) is 5.35. The molecule has 1 aromatic heterocycles. The van der Waals surface area contributed by atoms with E-state index in [0.717, 1.165) is 43.4 Å². The highest BCUT2D eigenvalue weighted by Gasteiger charge is 2.24. The first-order chi connectivity index (χ1) is 12.0. The van der Waals surface area contributed by atoms with Crippen molar-refractivity contribution in [3.05, 3.63) is 52.3 Å². The maximum atomic E-state index is 6.41. The first-order valence-corrected chi connectivity index (χ1v) is 9.57. The van der Waals surface area contributed by atoms with Gasteiger partial charge in [-0.1, -0.05) is 41.9 Å². The van der Waals surface area contributed by atoms with Crippen molar-refractivity contribution >= 4 is 11.6 Å². The average Bonchev–Trinajstić information content (AvgIpc) is 2.87. The van der Waals surface area contributed by atoms with Crippen molar-refractivity contribution in [2.24, 2.45) is 7.05 Å². The van der Waals surface area contributed by atoms with E-state index in [1.165, 1.54) is 24.0 Å². The monoisotopic (exact) mass is 360 g/mol. The normalized spacial score (nSPS) is 18.8. The van der Waals surface area contributed by atoms with Crippen LogP contribution in [0.3, 0.4) is 0 Å². The molecule has 0 N–H and O–H groups in total. The van der Waals surface area contributed by atoms with Gasteiger partial charge in [0.2, 0.25) is 0 Å². The van der Waals surface area contributed by atoms with E-state index in [-0.39, 0.29) is 0 Å². The van der Waals surface area contributed by atoms with E-state index in [2.05, 4.69) is 59.2 Å². The van der Waals surface area contributed by atoms with Crippen LogP contribution in [0.1, 0.15) is 29.7 Å². The second-order valence-electron chi connectivity index (χ2n) is 7.23. The topological polar surface area (TPSA) is 24.3 Å². The number of rotatable bonds is 6. The summed E-state index contributed by atoms with van der Waals surface area (Å²) in [7, 11) is 4.18. The summed E-state index contributed by atoms with van der Waals surface area (Å²) in [6, 6.07) is 11.4. The Bertz CT molecular complexity index is 683. The molecule has 3 rings (SSSR count). The Morgan fingerprint density at radius 2 is 2.04 bits per heavy atom. The van der Waals surface area contributed by atoms with Crippen molar-refractivity contribution in [2.45, 2.75) is 38.8 Å². The zero-order valence-corrected chi connectivity index (χ0v) is 16.3. The molecule has 0 bridgehead atoms. The van der Waals surface area contributed by atoms with E-state index >= 15 is 0 Å². The van der Waals surface area contributed by atoms with E-state index in [4.69, 9.17) is 11.6 Å². The molecular weight excluding hydrogens is 332 g/mol. The minimum Gasteiger partial charge on any atom is -0.302 e. The molecule has 1 aliphatic heterocycles. The van der Waals surface area contributed by atoms with Gasteiger partial charge >= 0.3 is 0 Å². The SMILES string of the molecule is Cc1nn(C)c(Cl)c1CN1CCCC(N(C)CCc2ccccc2)C1. The molecule has 25 heavy (non-hydrogen) atoms. The molecule has 5 heteroatoms. The van der Waals surface area contributed by atoms with Crippen LogP contribution in [0, 0.1) is 6.92 Å². The zero-order chi connectivity index (χ0) is 17.8. The molecule has 0 aliphatic carbocycles. The maximum absolute atomic E-state index is 6.41. The predicted molar refractivity (Wildman–Crippen MR) is 104 cm³/mol. The molecule has 1 aliphatic rings. The van der Waals surface area contributed by atoms with Crippen LogP contribution in [0.25, 0.3) is 0 Å². The highest BCUT2D eigenvalue weighted by Crippen LogP contribution is 2.23. The van der Waals surface area contributed by atoms with Crippen LogP contribution in [-0.4, -0.2) is 52.3 Å². The fraction of sp³-hybridized carbons (Fsp3) is 0.550. The van der Waals surface area contributed by atoms with Crippen LogP contribution in [0.2, 0.25) is 5.15 Å². The van der Waals surface area contributed by atoms with Gasteiger partial charge in [0.25, 0.3) is 0 Å². The number of likely N-dealkylation sites (tertiary alicyclic amines) is 1. The molecule has 1 atom stereocenters. The van der Waals surface area contributed by atoms with Gasteiger partial charge in [0.05, 0.1) is 5.69 Å². The van der Waals surface area contributed by atoms with Crippen molar-refractivity contribution in [3.8, 4) is 0 Å². The fourth-order valence-corrected chi connectivity index (χ4v) is 3.98. The van der Waals surface area contributed by atoms with Crippen molar-refractivity contribution in [3.63, 3.8) is 0 Å². The average molecular weight is 361 g/mol. The highest BCUT2D eigenvalue weighted by molar-refractivity contribution is 6.30. The molecule has 136 valence electrons. The summed E-state index contributed by atoms with van der Waals surface area (Å²) in [4.78, 5) is 5.06. The third-order valence-corrected chi connectivity index (χ3v) is 5.82. The van der Waals surface area contributed by atoms with Gasteiger partial charge in [-0.2, -0.15) is 5.10 Å². The molecule has 2 aromatic rings. The summed E-state index contributed by atoms with van der Waals surface area (Å²) in [5, 5.41) is 5.22. The summed E-state index contributed by atoms with van der Waals surface area (Å²) < 4.78 is 1.78. The van der Waals surface area contributed by atoms with Crippen LogP contribution in [-0.2, 0) is 20.0 Å². The van der Waals surface area contributed by atoms with Crippen LogP contribution in [0.4, 0.5) is 0 Å². The maximum Gasteiger partial charge on any atom is 0.131 e. The van der Waals surface area contributed by atoms with E-state index in [1.54, 1.807) is 4.68 Å². The number of nitrogens with zero attached hydrogens (tertiary/aromatic N) is 4. The molecule has 1 unspecified atom stereocenters. The number of aryl methyl sites for hydroxylation is 2. The standard InChI is InChI=1S/C20H29ClN4/c1-16-19(20(21)24(3)22-16)15-25-12-7-10-18(14-25)23(2)13-11-17-8-5-4-6-9-17/h4-6,8-9,18H,7,10-15H2,1-3H3. The number of benzene rings is 1. The van der Waals surface area contributed by atoms with Crippen molar-refractivity contribution < 1.29 is 0 Å². The second-order valence-corrected chi connectivity index (χ2v) is 7.58. The third kappa shape index (κ3) is 4.63. The minimum absolute atomic E-state index is 0.619. The van der Waals surface area contributed by atoms with Crippen LogP contribution < -0.4 is 0 Å². The molecular formula is C20H29ClN4. The Morgan fingerprint density at radius 1 is 1.28 bits per heavy atom. The molecule has 1 fully saturated rings. The van der Waals surface area contributed by atoms with Gasteiger partial charge < -0.3 is 4.90 Å². The van der Waals surface area contributed by atoms with Gasteiger partial charge in [-0.3, -0.25) is 9.58 Å². The minimum atomic E-state index is 0.619. The molecule has 0 amide bonds. The number of likely N-dealkylation sites (N-methyl/N-ethyl adjacent to an activating group) is 1. The van der Waals surface area contributed by atoms with Crippen LogP contribution in [0.15, 0.2) is 30.3 Å². The van der Waals surface area contributed by atoms with E-state index < -0.39 is 0 Å². The molecule has 4 nitrogen and oxygen atoms in total. The summed E-state index contributed by atoms with van der Waals surface area (Å²) in [5.74, 6) is 0. The Hall–Kier alpha value is -1.36. The number of hydrogen-bond acceptors (Lipinski definition) is 3. The van der Waals surface area contributed by atoms with Gasteiger partial charge in [0, 0.05) is 38.3 Å². The predicted octanol–water partition coefficient (Wildman–Crippen LogP) is 3.52. The Morgan fingerprint density at radius 3 is 2.72 bits per heavy atom. The molecule has 2 heterocycles. The lowest BCUT2D eigenvalue weighted by Gasteiger charge is -2.37. The van der Waals surface area contributed by atoms with E-state index in [1.807, 2.05) is 7.05 Å². The molecule has 1 aromatic carbocycles. The second kappa shape index (κ2) is 8.35. The van der Waals surface area contributed by atoms with Gasteiger partial charge in [-0.15, -0.1) is 0 Å². The van der Waals surface area contributed by atoms with Gasteiger partial charge in [-0.25, -0.2) is 0 Å². The van der Waals surface area contributed by atoms with Gasteiger partial charge in [0.1, 0.15) is 5.15 Å². The Kier molecular flexibility index (Phi) is 6.15. The van der Waals surface area contributed by atoms with E-state index in [9.17, 15) is 0 Å². The quantitative estimate of drug-likeness (QED) is 0.787. The van der Waals surface area contributed by atoms with Crippen LogP contribution in [0.5, 0.6) is 0 Å². The molecule has 0 saturated carbocycles. The Balaban J connectivity index is 1.55. The summed E-state index contributed by atoms with van der Waals surface area (Å²) in [6.07, 6.45) is 3.64. The van der Waals surface area contributed by atoms with Gasteiger partial charge in [0.15, 0.2) is 0 Å². The fourth-order valence-electron chi connectivity index (χ4n) is 3.74. The number of aromatic nitrogens is 2. The molecule has 0 radical (unpaired) electrons. The Labute approximate surface area is 156 Å². The van der Waals surface area contributed by atoms with E-state index in [0.29, 0.717) is 6.04 Å². The first-order valence-electron chi connectivity index (χ1n) is 9.19. The summed E-state index contributed by atoms with van der Waals surface area (Å²) in [6.45, 7) is 6.31. The number of halogens is 1. The van der Waals surface area contributed by atoms with Crippen molar-refractivity contribution in [2.75, 3.05) is 26.7 Å². The van der Waals surface area contributed by atoms with Crippen LogP contribution >= 0.6 is 11.6 Å². The highest BCUT2D eigenvalue weighted by atomic mass is 35.5. The lowest BCUT2D eigenvalue weighted by molar-refractivity contribution is 0.112. The van der Waals surface area contributed by atoms with Gasteiger partial charge in [-0.05, 0) is 45.3 Å². The van der Waals surface area contributed by atoms with Crippen molar-refractivity contribution in [1.29, 1.82) is 0 Å². The summed E-state index contributed by atoms with van der Waals surface area (Å²) in [5.41, 5.74) is 3.64.